The van der Waals surface area contributed by atoms with Crippen LogP contribution in [0.25, 0.3) is 0 Å². The fraction of sp³-hybridized carbons (Fsp3) is 0.308. The van der Waals surface area contributed by atoms with Crippen molar-refractivity contribution in [1.82, 2.24) is 10.2 Å². The van der Waals surface area contributed by atoms with Gasteiger partial charge in [-0.25, -0.2) is 4.79 Å². The Kier molecular flexibility index (Phi) is 5.31. The number of rotatable bonds is 5. The SMILES string of the molecule is CCCCc1nnc(NC(=O)Nc2ccc(Cl)cc2)s1. The van der Waals surface area contributed by atoms with Crippen molar-refractivity contribution >= 4 is 39.8 Å². The predicted octanol–water partition coefficient (Wildman–Crippen LogP) is 4.18. The topological polar surface area (TPSA) is 66.9 Å². The van der Waals surface area contributed by atoms with Crippen LogP contribution in [-0.2, 0) is 6.42 Å². The molecule has 1 aromatic carbocycles. The molecule has 0 aliphatic heterocycles. The van der Waals surface area contributed by atoms with Crippen molar-refractivity contribution < 1.29 is 4.79 Å². The molecule has 0 radical (unpaired) electrons. The summed E-state index contributed by atoms with van der Waals surface area (Å²) in [5, 5.41) is 15.4. The lowest BCUT2D eigenvalue weighted by atomic mass is 10.3. The number of hydrogen-bond acceptors (Lipinski definition) is 4. The number of aryl methyl sites for hydroxylation is 1. The van der Waals surface area contributed by atoms with Crippen molar-refractivity contribution in [1.29, 1.82) is 0 Å². The van der Waals surface area contributed by atoms with Gasteiger partial charge in [0.25, 0.3) is 0 Å². The zero-order chi connectivity index (χ0) is 14.4. The Morgan fingerprint density at radius 3 is 2.70 bits per heavy atom. The van der Waals surface area contributed by atoms with Gasteiger partial charge in [0.1, 0.15) is 5.01 Å². The third-order valence-electron chi connectivity index (χ3n) is 2.53. The van der Waals surface area contributed by atoms with E-state index in [-0.39, 0.29) is 6.03 Å². The minimum atomic E-state index is -0.342. The Morgan fingerprint density at radius 2 is 2.00 bits per heavy atom. The lowest BCUT2D eigenvalue weighted by molar-refractivity contribution is 0.262. The minimum absolute atomic E-state index is 0.342. The average molecular weight is 311 g/mol. The smallest absolute Gasteiger partial charge is 0.308 e. The van der Waals surface area contributed by atoms with Gasteiger partial charge in [-0.2, -0.15) is 0 Å². The molecule has 0 saturated carbocycles. The molecule has 0 unspecified atom stereocenters. The molecule has 2 N–H and O–H groups in total. The van der Waals surface area contributed by atoms with Gasteiger partial charge >= 0.3 is 6.03 Å². The van der Waals surface area contributed by atoms with E-state index in [4.69, 9.17) is 11.6 Å². The van der Waals surface area contributed by atoms with Crippen LogP contribution in [0.3, 0.4) is 0 Å². The molecule has 1 aromatic heterocycles. The van der Waals surface area contributed by atoms with Crippen LogP contribution < -0.4 is 10.6 Å². The maximum Gasteiger partial charge on any atom is 0.325 e. The van der Waals surface area contributed by atoms with Gasteiger partial charge in [0.2, 0.25) is 5.13 Å². The highest BCUT2D eigenvalue weighted by atomic mass is 35.5. The zero-order valence-electron chi connectivity index (χ0n) is 11.0. The highest BCUT2D eigenvalue weighted by molar-refractivity contribution is 7.15. The number of benzene rings is 1. The molecule has 0 atom stereocenters. The molecule has 0 aliphatic rings. The van der Waals surface area contributed by atoms with E-state index < -0.39 is 0 Å². The minimum Gasteiger partial charge on any atom is -0.308 e. The van der Waals surface area contributed by atoms with Crippen molar-refractivity contribution in [2.75, 3.05) is 10.6 Å². The molecule has 1 heterocycles. The van der Waals surface area contributed by atoms with Crippen LogP contribution in [-0.4, -0.2) is 16.2 Å². The van der Waals surface area contributed by atoms with E-state index in [1.807, 2.05) is 0 Å². The summed E-state index contributed by atoms with van der Waals surface area (Å²) in [6.45, 7) is 2.12. The van der Waals surface area contributed by atoms with Crippen LogP contribution in [0.5, 0.6) is 0 Å². The van der Waals surface area contributed by atoms with Crippen LogP contribution in [0.2, 0.25) is 5.02 Å². The van der Waals surface area contributed by atoms with Gasteiger partial charge in [0.15, 0.2) is 0 Å². The van der Waals surface area contributed by atoms with E-state index in [1.54, 1.807) is 24.3 Å². The molecule has 2 aromatic rings. The summed E-state index contributed by atoms with van der Waals surface area (Å²) in [5.41, 5.74) is 0.669. The molecular weight excluding hydrogens is 296 g/mol. The van der Waals surface area contributed by atoms with Crippen molar-refractivity contribution in [3.05, 3.63) is 34.3 Å². The normalized spacial score (nSPS) is 10.3. The van der Waals surface area contributed by atoms with Gasteiger partial charge < -0.3 is 5.32 Å². The van der Waals surface area contributed by atoms with Gasteiger partial charge in [0.05, 0.1) is 0 Å². The number of unbranched alkanes of at least 4 members (excludes halogenated alkanes) is 1. The maximum absolute atomic E-state index is 11.8. The maximum atomic E-state index is 11.8. The summed E-state index contributed by atoms with van der Waals surface area (Å²) in [7, 11) is 0. The van der Waals surface area contributed by atoms with Crippen molar-refractivity contribution in [2.24, 2.45) is 0 Å². The fourth-order valence-electron chi connectivity index (χ4n) is 1.53. The molecule has 5 nitrogen and oxygen atoms in total. The molecule has 106 valence electrons. The molecule has 0 saturated heterocycles. The highest BCUT2D eigenvalue weighted by Crippen LogP contribution is 2.18. The summed E-state index contributed by atoms with van der Waals surface area (Å²) in [6.07, 6.45) is 3.08. The van der Waals surface area contributed by atoms with Crippen LogP contribution in [0.4, 0.5) is 15.6 Å². The second-order valence-electron chi connectivity index (χ2n) is 4.19. The summed E-state index contributed by atoms with van der Waals surface area (Å²) in [4.78, 5) is 11.8. The number of amides is 2. The Hall–Kier alpha value is -1.66. The molecule has 2 rings (SSSR count). The Morgan fingerprint density at radius 1 is 1.25 bits per heavy atom. The molecule has 2 amide bonds. The monoisotopic (exact) mass is 310 g/mol. The Bertz CT molecular complexity index is 570. The van der Waals surface area contributed by atoms with Crippen LogP contribution >= 0.6 is 22.9 Å². The third kappa shape index (κ3) is 4.47. The number of nitrogens with zero attached hydrogens (tertiary/aromatic N) is 2. The van der Waals surface area contributed by atoms with E-state index in [9.17, 15) is 4.79 Å². The lowest BCUT2D eigenvalue weighted by Crippen LogP contribution is -2.19. The molecule has 0 spiro atoms. The quantitative estimate of drug-likeness (QED) is 0.870. The molecule has 7 heteroatoms. The predicted molar refractivity (Wildman–Crippen MR) is 82.6 cm³/mol. The second-order valence-corrected chi connectivity index (χ2v) is 5.69. The molecule has 0 aliphatic carbocycles. The Labute approximate surface area is 126 Å². The summed E-state index contributed by atoms with van der Waals surface area (Å²) >= 11 is 7.18. The van der Waals surface area contributed by atoms with E-state index >= 15 is 0 Å². The number of carbonyl (C=O) groups is 1. The van der Waals surface area contributed by atoms with Crippen molar-refractivity contribution in [2.45, 2.75) is 26.2 Å². The van der Waals surface area contributed by atoms with Crippen LogP contribution in [0.15, 0.2) is 24.3 Å². The number of halogens is 1. The number of hydrogen-bond donors (Lipinski definition) is 2. The van der Waals surface area contributed by atoms with Gasteiger partial charge in [0, 0.05) is 17.1 Å². The largest absolute Gasteiger partial charge is 0.325 e. The second kappa shape index (κ2) is 7.21. The van der Waals surface area contributed by atoms with Gasteiger partial charge in [-0.15, -0.1) is 10.2 Å². The standard InChI is InChI=1S/C13H15ClN4OS/c1-2-3-4-11-17-18-13(20-11)16-12(19)15-10-7-5-9(14)6-8-10/h5-8H,2-4H2,1H3,(H2,15,16,18,19). The fourth-order valence-corrected chi connectivity index (χ4v) is 2.43. The van der Waals surface area contributed by atoms with Gasteiger partial charge in [-0.3, -0.25) is 5.32 Å². The van der Waals surface area contributed by atoms with Crippen molar-refractivity contribution in [3.63, 3.8) is 0 Å². The first-order valence-electron chi connectivity index (χ1n) is 6.33. The van der Waals surface area contributed by atoms with E-state index in [1.165, 1.54) is 11.3 Å². The summed E-state index contributed by atoms with van der Waals surface area (Å²) < 4.78 is 0. The zero-order valence-corrected chi connectivity index (χ0v) is 12.6. The first-order chi connectivity index (χ1) is 9.67. The van der Waals surface area contributed by atoms with E-state index in [0.717, 1.165) is 24.3 Å². The van der Waals surface area contributed by atoms with E-state index in [2.05, 4.69) is 27.8 Å². The molecule has 20 heavy (non-hydrogen) atoms. The summed E-state index contributed by atoms with van der Waals surface area (Å²) in [6, 6.07) is 6.55. The van der Waals surface area contributed by atoms with Crippen LogP contribution in [0, 0.1) is 0 Å². The first kappa shape index (κ1) is 14.7. The number of nitrogens with one attached hydrogen (secondary N) is 2. The van der Waals surface area contributed by atoms with E-state index in [0.29, 0.717) is 15.8 Å². The Balaban J connectivity index is 1.87. The van der Waals surface area contributed by atoms with Crippen LogP contribution in [0.1, 0.15) is 24.8 Å². The number of aromatic nitrogens is 2. The van der Waals surface area contributed by atoms with Gasteiger partial charge in [-0.05, 0) is 30.7 Å². The van der Waals surface area contributed by atoms with Gasteiger partial charge in [-0.1, -0.05) is 36.3 Å². The molecule has 0 bridgehead atoms. The molecule has 0 fully saturated rings. The average Bonchev–Trinajstić information content (AvgIpc) is 2.86. The summed E-state index contributed by atoms with van der Waals surface area (Å²) in [5.74, 6) is 0. The highest BCUT2D eigenvalue weighted by Gasteiger charge is 2.08. The number of carbonyl (C=O) groups excluding carboxylic acids is 1. The van der Waals surface area contributed by atoms with Crippen molar-refractivity contribution in [3.8, 4) is 0 Å². The molecular formula is C13H15ClN4OS. The number of anilines is 2. The third-order valence-corrected chi connectivity index (χ3v) is 3.68. The number of urea groups is 1. The lowest BCUT2D eigenvalue weighted by Gasteiger charge is -2.04. The first-order valence-corrected chi connectivity index (χ1v) is 7.53.